The van der Waals surface area contributed by atoms with Gasteiger partial charge in [0, 0.05) is 15.4 Å². The fraction of sp³-hybridized carbons (Fsp3) is 1.00. The van der Waals surface area contributed by atoms with E-state index < -0.39 is 0 Å². The van der Waals surface area contributed by atoms with Crippen molar-refractivity contribution in [2.75, 3.05) is 6.61 Å². The van der Waals surface area contributed by atoms with Gasteiger partial charge in [-0.15, -0.1) is 0 Å². The quantitative estimate of drug-likeness (QED) is 0.536. The number of rotatable bonds is 4. The molecule has 0 aliphatic heterocycles. The molecule has 0 radical (unpaired) electrons. The van der Waals surface area contributed by atoms with Crippen LogP contribution < -0.4 is 0 Å². The van der Waals surface area contributed by atoms with E-state index >= 15 is 0 Å². The normalized spacial score (nSPS) is 15.4. The largest absolute Gasteiger partial charge is 0.362 e. The van der Waals surface area contributed by atoms with Crippen molar-refractivity contribution in [1.29, 1.82) is 0 Å². The first-order valence-corrected chi connectivity index (χ1v) is 4.17. The fourth-order valence-corrected chi connectivity index (χ4v) is 0.927. The average Bonchev–Trinajstić information content (AvgIpc) is 1.83. The molecule has 0 N–H and O–H groups in total. The van der Waals surface area contributed by atoms with Crippen LogP contribution >= 0.6 is 8.81 Å². The second-order valence-electron chi connectivity index (χ2n) is 1.86. The summed E-state index contributed by atoms with van der Waals surface area (Å²) in [6.45, 7) is 7.31. The Balaban J connectivity index is 2.86. The van der Waals surface area contributed by atoms with E-state index in [1.165, 1.54) is 6.42 Å². The van der Waals surface area contributed by atoms with Crippen molar-refractivity contribution < 1.29 is 4.52 Å². The molecule has 0 bridgehead atoms. The van der Waals surface area contributed by atoms with E-state index in [1.54, 1.807) is 0 Å². The Morgan fingerprint density at radius 3 is 2.50 bits per heavy atom. The van der Waals surface area contributed by atoms with E-state index in [0.29, 0.717) is 8.81 Å². The van der Waals surface area contributed by atoms with Gasteiger partial charge >= 0.3 is 0 Å². The van der Waals surface area contributed by atoms with Crippen LogP contribution in [0.3, 0.4) is 0 Å². The summed E-state index contributed by atoms with van der Waals surface area (Å²) in [5.74, 6) is 0. The van der Waals surface area contributed by atoms with Crippen molar-refractivity contribution in [2.45, 2.75) is 32.9 Å². The molecular weight excluding hydrogens is 119 g/mol. The van der Waals surface area contributed by atoms with Gasteiger partial charge in [-0.3, -0.25) is 0 Å². The van der Waals surface area contributed by atoms with Gasteiger partial charge in [0.25, 0.3) is 0 Å². The lowest BCUT2D eigenvalue weighted by atomic mass is 10.4. The summed E-state index contributed by atoms with van der Waals surface area (Å²) < 4.78 is 5.21. The topological polar surface area (TPSA) is 9.23 Å². The molecule has 0 spiro atoms. The molecule has 0 saturated carbocycles. The summed E-state index contributed by atoms with van der Waals surface area (Å²) in [4.78, 5) is 0. The highest BCUT2D eigenvalue weighted by Gasteiger charge is 1.95. The minimum absolute atomic E-state index is 0.706. The molecular formula is C6H15OP. The van der Waals surface area contributed by atoms with Gasteiger partial charge in [-0.2, -0.15) is 0 Å². The Hall–Kier alpha value is 0.390. The molecule has 50 valence electrons. The minimum Gasteiger partial charge on any atom is -0.362 e. The van der Waals surface area contributed by atoms with E-state index in [0.717, 1.165) is 12.3 Å². The van der Waals surface area contributed by atoms with Gasteiger partial charge in [-0.25, -0.2) is 0 Å². The molecule has 0 aromatic heterocycles. The number of hydrogen-bond acceptors (Lipinski definition) is 1. The van der Waals surface area contributed by atoms with E-state index in [1.807, 2.05) is 6.92 Å². The SMILES string of the molecule is CCOPC(C)CC. The molecule has 0 rings (SSSR count). The highest BCUT2D eigenvalue weighted by atomic mass is 31.1. The average molecular weight is 134 g/mol. The first-order chi connectivity index (χ1) is 3.81. The third-order valence-electron chi connectivity index (χ3n) is 1.04. The van der Waals surface area contributed by atoms with Gasteiger partial charge < -0.3 is 4.52 Å². The van der Waals surface area contributed by atoms with E-state index in [9.17, 15) is 0 Å². The second-order valence-corrected chi connectivity index (χ2v) is 3.37. The van der Waals surface area contributed by atoms with Crippen molar-refractivity contribution in [3.05, 3.63) is 0 Å². The molecule has 0 aliphatic carbocycles. The third-order valence-corrected chi connectivity index (χ3v) is 2.31. The Bertz CT molecular complexity index is 47.8. The van der Waals surface area contributed by atoms with Gasteiger partial charge in [0.05, 0.1) is 0 Å². The van der Waals surface area contributed by atoms with E-state index in [2.05, 4.69) is 13.8 Å². The smallest absolute Gasteiger partial charge is 0.0477 e. The van der Waals surface area contributed by atoms with Gasteiger partial charge in [-0.1, -0.05) is 13.8 Å². The van der Waals surface area contributed by atoms with Crippen LogP contribution in [0.5, 0.6) is 0 Å². The zero-order chi connectivity index (χ0) is 6.41. The van der Waals surface area contributed by atoms with E-state index in [-0.39, 0.29) is 0 Å². The van der Waals surface area contributed by atoms with Crippen LogP contribution in [0.15, 0.2) is 0 Å². The molecule has 0 fully saturated rings. The minimum atomic E-state index is 0.706. The van der Waals surface area contributed by atoms with E-state index in [4.69, 9.17) is 4.52 Å². The molecule has 0 aromatic carbocycles. The Morgan fingerprint density at radius 2 is 2.12 bits per heavy atom. The number of hydrogen-bond donors (Lipinski definition) is 0. The molecule has 2 heteroatoms. The summed E-state index contributed by atoms with van der Waals surface area (Å²) in [6, 6.07) is 0. The van der Waals surface area contributed by atoms with Crippen LogP contribution in [0.25, 0.3) is 0 Å². The van der Waals surface area contributed by atoms with Crippen LogP contribution in [0.4, 0.5) is 0 Å². The summed E-state index contributed by atoms with van der Waals surface area (Å²) in [7, 11) is 0.706. The molecule has 0 heterocycles. The maximum atomic E-state index is 5.21. The highest BCUT2D eigenvalue weighted by molar-refractivity contribution is 7.33. The fourth-order valence-electron chi connectivity index (χ4n) is 0.309. The first-order valence-electron chi connectivity index (χ1n) is 3.18. The highest BCUT2D eigenvalue weighted by Crippen LogP contribution is 2.21. The van der Waals surface area contributed by atoms with Gasteiger partial charge in [0.1, 0.15) is 0 Å². The van der Waals surface area contributed by atoms with Crippen LogP contribution in [-0.2, 0) is 4.52 Å². The lowest BCUT2D eigenvalue weighted by molar-refractivity contribution is 0.384. The maximum Gasteiger partial charge on any atom is 0.0477 e. The van der Waals surface area contributed by atoms with Crippen molar-refractivity contribution in [3.8, 4) is 0 Å². The van der Waals surface area contributed by atoms with Crippen LogP contribution in [0.2, 0.25) is 0 Å². The van der Waals surface area contributed by atoms with Gasteiger partial charge in [0.15, 0.2) is 0 Å². The molecule has 8 heavy (non-hydrogen) atoms. The summed E-state index contributed by atoms with van der Waals surface area (Å²) >= 11 is 0. The molecule has 0 aromatic rings. The Labute approximate surface area is 53.7 Å². The summed E-state index contributed by atoms with van der Waals surface area (Å²) in [6.07, 6.45) is 1.23. The standard InChI is InChI=1S/C6H15OP/c1-4-6(3)8-7-5-2/h6,8H,4-5H2,1-3H3. The maximum absolute atomic E-state index is 5.21. The van der Waals surface area contributed by atoms with Crippen LogP contribution in [-0.4, -0.2) is 12.3 Å². The predicted octanol–water partition coefficient (Wildman–Crippen LogP) is 2.41. The van der Waals surface area contributed by atoms with Crippen molar-refractivity contribution in [3.63, 3.8) is 0 Å². The van der Waals surface area contributed by atoms with Crippen molar-refractivity contribution in [1.82, 2.24) is 0 Å². The Kier molecular flexibility index (Phi) is 5.79. The molecule has 2 atom stereocenters. The zero-order valence-corrected chi connectivity index (χ0v) is 6.90. The third kappa shape index (κ3) is 4.55. The van der Waals surface area contributed by atoms with Crippen LogP contribution in [0.1, 0.15) is 27.2 Å². The molecule has 0 amide bonds. The van der Waals surface area contributed by atoms with Crippen molar-refractivity contribution in [2.24, 2.45) is 0 Å². The van der Waals surface area contributed by atoms with Gasteiger partial charge in [0.2, 0.25) is 0 Å². The van der Waals surface area contributed by atoms with Gasteiger partial charge in [-0.05, 0) is 19.0 Å². The van der Waals surface area contributed by atoms with Crippen molar-refractivity contribution >= 4 is 8.81 Å². The monoisotopic (exact) mass is 134 g/mol. The zero-order valence-electron chi connectivity index (χ0n) is 5.90. The molecule has 0 saturated heterocycles. The second kappa shape index (κ2) is 5.53. The predicted molar refractivity (Wildman–Crippen MR) is 39.7 cm³/mol. The lowest BCUT2D eigenvalue weighted by Gasteiger charge is -2.05. The molecule has 0 aliphatic rings. The lowest BCUT2D eigenvalue weighted by Crippen LogP contribution is -1.90. The Morgan fingerprint density at radius 1 is 1.50 bits per heavy atom. The first kappa shape index (κ1) is 8.39. The molecule has 2 unspecified atom stereocenters. The van der Waals surface area contributed by atoms with Crippen LogP contribution in [0, 0.1) is 0 Å². The summed E-state index contributed by atoms with van der Waals surface area (Å²) in [5, 5.41) is 0. The molecule has 1 nitrogen and oxygen atoms in total. The summed E-state index contributed by atoms with van der Waals surface area (Å²) in [5.41, 5.74) is 0.759.